The molecular formula is C17H16N3O5-. The van der Waals surface area contributed by atoms with Crippen molar-refractivity contribution in [3.05, 3.63) is 68.0 Å². The third kappa shape index (κ3) is 3.57. The van der Waals surface area contributed by atoms with Gasteiger partial charge in [-0.1, -0.05) is 18.2 Å². The average Bonchev–Trinajstić information content (AvgIpc) is 2.61. The lowest BCUT2D eigenvalue weighted by atomic mass is 10.1. The molecule has 0 atom stereocenters. The second kappa shape index (κ2) is 7.00. The van der Waals surface area contributed by atoms with Crippen molar-refractivity contribution in [2.75, 3.05) is 0 Å². The van der Waals surface area contributed by atoms with E-state index in [4.69, 9.17) is 0 Å². The van der Waals surface area contributed by atoms with Gasteiger partial charge in [0.15, 0.2) is 5.78 Å². The van der Waals surface area contributed by atoms with Crippen LogP contribution in [0.25, 0.3) is 6.08 Å². The van der Waals surface area contributed by atoms with Crippen LogP contribution in [-0.2, 0) is 18.9 Å². The van der Waals surface area contributed by atoms with E-state index in [1.54, 1.807) is 30.3 Å². The van der Waals surface area contributed by atoms with Crippen molar-refractivity contribution in [3.8, 4) is 5.88 Å². The van der Waals surface area contributed by atoms with E-state index < -0.39 is 28.8 Å². The largest absolute Gasteiger partial charge is 0.859 e. The summed E-state index contributed by atoms with van der Waals surface area (Å²) in [6, 6.07) is 8.15. The van der Waals surface area contributed by atoms with Crippen molar-refractivity contribution in [3.63, 3.8) is 0 Å². The fraction of sp³-hybridized carbons (Fsp3) is 0.176. The Hall–Kier alpha value is -3.42. The van der Waals surface area contributed by atoms with Gasteiger partial charge in [0.05, 0.1) is 11.3 Å². The van der Waals surface area contributed by atoms with Crippen LogP contribution in [0.15, 0.2) is 45.6 Å². The molecule has 0 radical (unpaired) electrons. The zero-order valence-electron chi connectivity index (χ0n) is 13.9. The maximum atomic E-state index is 12.2. The van der Waals surface area contributed by atoms with Crippen LogP contribution >= 0.6 is 0 Å². The zero-order valence-corrected chi connectivity index (χ0v) is 13.9. The Morgan fingerprint density at radius 1 is 1.08 bits per heavy atom. The van der Waals surface area contributed by atoms with Crippen molar-refractivity contribution in [1.82, 2.24) is 14.5 Å². The topological polar surface area (TPSA) is 113 Å². The first-order chi connectivity index (χ1) is 11.7. The quantitative estimate of drug-likeness (QED) is 0.754. The average molecular weight is 342 g/mol. The first kappa shape index (κ1) is 17.9. The SMILES string of the molecule is CC(=O)/C(=C/c1c([O-])n(C)c(=O)n(C)c1=O)NC(=O)c1ccccc1. The standard InChI is InChI=1S/C17H17N3O5/c1-10(21)13(18-14(22)11-7-5-4-6-8-11)9-12-15(23)19(2)17(25)20(3)16(12)24/h4-9,23H,1-3H3,(H,18,22)/p-1/b13-9-. The summed E-state index contributed by atoms with van der Waals surface area (Å²) >= 11 is 0. The molecule has 0 aliphatic rings. The van der Waals surface area contributed by atoms with E-state index in [1.807, 2.05) is 0 Å². The molecule has 2 aromatic rings. The molecular weight excluding hydrogens is 326 g/mol. The van der Waals surface area contributed by atoms with Crippen LogP contribution in [0, 0.1) is 0 Å². The van der Waals surface area contributed by atoms with Gasteiger partial charge in [0.2, 0.25) is 0 Å². The van der Waals surface area contributed by atoms with Crippen LogP contribution in [0.2, 0.25) is 0 Å². The number of benzene rings is 1. The van der Waals surface area contributed by atoms with Crippen molar-refractivity contribution in [2.24, 2.45) is 14.1 Å². The number of carbonyl (C=O) groups excluding carboxylic acids is 2. The molecule has 0 spiro atoms. The van der Waals surface area contributed by atoms with Crippen molar-refractivity contribution < 1.29 is 14.7 Å². The number of carbonyl (C=O) groups is 2. The molecule has 0 unspecified atom stereocenters. The molecule has 130 valence electrons. The van der Waals surface area contributed by atoms with Gasteiger partial charge in [-0.2, -0.15) is 0 Å². The number of ketones is 1. The lowest BCUT2D eigenvalue weighted by Gasteiger charge is -2.17. The number of hydrogen-bond donors (Lipinski definition) is 1. The molecule has 0 bridgehead atoms. The highest BCUT2D eigenvalue weighted by molar-refractivity contribution is 6.05. The summed E-state index contributed by atoms with van der Waals surface area (Å²) in [6.45, 7) is 1.19. The predicted molar refractivity (Wildman–Crippen MR) is 88.9 cm³/mol. The van der Waals surface area contributed by atoms with Crippen LogP contribution in [-0.4, -0.2) is 20.8 Å². The number of nitrogens with one attached hydrogen (secondary N) is 1. The normalized spacial score (nSPS) is 11.2. The Morgan fingerprint density at radius 2 is 1.68 bits per heavy atom. The summed E-state index contributed by atoms with van der Waals surface area (Å²) in [5.74, 6) is -1.95. The molecule has 0 aliphatic carbocycles. The van der Waals surface area contributed by atoms with Gasteiger partial charge in [-0.05, 0) is 24.1 Å². The molecule has 0 saturated carbocycles. The van der Waals surface area contributed by atoms with E-state index in [9.17, 15) is 24.3 Å². The molecule has 0 fully saturated rings. The third-order valence-electron chi connectivity index (χ3n) is 3.60. The lowest BCUT2D eigenvalue weighted by Crippen LogP contribution is -2.40. The fourth-order valence-electron chi connectivity index (χ4n) is 2.13. The maximum Gasteiger partial charge on any atom is 0.329 e. The zero-order chi connectivity index (χ0) is 18.7. The lowest BCUT2D eigenvalue weighted by molar-refractivity contribution is -0.280. The van der Waals surface area contributed by atoms with E-state index in [1.165, 1.54) is 21.0 Å². The van der Waals surface area contributed by atoms with Gasteiger partial charge in [-0.25, -0.2) is 4.79 Å². The minimum atomic E-state index is -0.846. The Balaban J connectivity index is 2.53. The summed E-state index contributed by atoms with van der Waals surface area (Å²) in [5, 5.41) is 14.5. The van der Waals surface area contributed by atoms with Gasteiger partial charge in [0.25, 0.3) is 11.5 Å². The van der Waals surface area contributed by atoms with Crippen LogP contribution < -0.4 is 21.7 Å². The summed E-state index contributed by atoms with van der Waals surface area (Å²) in [7, 11) is 2.44. The smallest absolute Gasteiger partial charge is 0.329 e. The molecule has 1 amide bonds. The second-order valence-electron chi connectivity index (χ2n) is 5.36. The first-order valence-electron chi connectivity index (χ1n) is 7.30. The molecule has 1 heterocycles. The van der Waals surface area contributed by atoms with Gasteiger partial charge >= 0.3 is 5.69 Å². The van der Waals surface area contributed by atoms with Crippen LogP contribution in [0.3, 0.4) is 0 Å². The van der Waals surface area contributed by atoms with Gasteiger partial charge in [-0.3, -0.25) is 19.0 Å². The molecule has 8 nitrogen and oxygen atoms in total. The van der Waals surface area contributed by atoms with Crippen molar-refractivity contribution in [2.45, 2.75) is 6.92 Å². The molecule has 1 N–H and O–H groups in total. The Kier molecular flexibility index (Phi) is 5.02. The van der Waals surface area contributed by atoms with Gasteiger partial charge < -0.3 is 15.0 Å². The summed E-state index contributed by atoms with van der Waals surface area (Å²) < 4.78 is 1.51. The second-order valence-corrected chi connectivity index (χ2v) is 5.36. The third-order valence-corrected chi connectivity index (χ3v) is 3.60. The number of Topliss-reactive ketones (excluding diaryl/α,β-unsaturated/α-hetero) is 1. The van der Waals surface area contributed by atoms with Crippen LogP contribution in [0.4, 0.5) is 0 Å². The molecule has 0 aliphatic heterocycles. The van der Waals surface area contributed by atoms with Gasteiger partial charge in [-0.15, -0.1) is 0 Å². The van der Waals surface area contributed by atoms with Gasteiger partial charge in [0.1, 0.15) is 0 Å². The van der Waals surface area contributed by atoms with Crippen LogP contribution in [0.5, 0.6) is 5.88 Å². The predicted octanol–water partition coefficient (Wildman–Crippen LogP) is -0.482. The highest BCUT2D eigenvalue weighted by Gasteiger charge is 2.14. The number of amides is 1. The number of rotatable bonds is 4. The summed E-state index contributed by atoms with van der Waals surface area (Å²) in [5.41, 5.74) is -1.92. The molecule has 0 saturated heterocycles. The summed E-state index contributed by atoms with van der Waals surface area (Å²) in [6.07, 6.45) is 0.993. The number of hydrogen-bond acceptors (Lipinski definition) is 5. The van der Waals surface area contributed by atoms with Crippen LogP contribution in [0.1, 0.15) is 22.8 Å². The highest BCUT2D eigenvalue weighted by atomic mass is 16.3. The van der Waals surface area contributed by atoms with Crippen molar-refractivity contribution >= 4 is 17.8 Å². The van der Waals surface area contributed by atoms with E-state index in [0.717, 1.165) is 15.2 Å². The van der Waals surface area contributed by atoms with E-state index >= 15 is 0 Å². The van der Waals surface area contributed by atoms with E-state index in [0.29, 0.717) is 5.56 Å². The van der Waals surface area contributed by atoms with Gasteiger partial charge in [0, 0.05) is 26.6 Å². The molecule has 8 heteroatoms. The number of allylic oxidation sites excluding steroid dienone is 1. The van der Waals surface area contributed by atoms with E-state index in [2.05, 4.69) is 5.32 Å². The first-order valence-corrected chi connectivity index (χ1v) is 7.30. The van der Waals surface area contributed by atoms with Crippen molar-refractivity contribution in [1.29, 1.82) is 0 Å². The molecule has 2 rings (SSSR count). The fourth-order valence-corrected chi connectivity index (χ4v) is 2.13. The molecule has 1 aromatic carbocycles. The Labute approximate surface area is 142 Å². The Morgan fingerprint density at radius 3 is 2.24 bits per heavy atom. The minimum Gasteiger partial charge on any atom is -0.859 e. The Bertz CT molecular complexity index is 984. The maximum absolute atomic E-state index is 12.2. The summed E-state index contributed by atoms with van der Waals surface area (Å²) in [4.78, 5) is 47.9. The molecule has 1 aromatic heterocycles. The van der Waals surface area contributed by atoms with E-state index in [-0.39, 0.29) is 11.3 Å². The molecule has 25 heavy (non-hydrogen) atoms. The minimum absolute atomic E-state index is 0.221. The highest BCUT2D eigenvalue weighted by Crippen LogP contribution is 2.10. The monoisotopic (exact) mass is 342 g/mol. The number of nitrogens with zero attached hydrogens (tertiary/aromatic N) is 2. The number of aromatic nitrogens is 2.